The number of fused-ring (bicyclic) bond motifs is 2. The lowest BCUT2D eigenvalue weighted by Crippen LogP contribution is -2.15. The molecular weight excluding hydrogens is 326 g/mol. The molecule has 3 aromatic rings. The van der Waals surface area contributed by atoms with E-state index in [1.807, 2.05) is 18.2 Å². The Balaban J connectivity index is 1.59. The average molecular weight is 337 g/mol. The summed E-state index contributed by atoms with van der Waals surface area (Å²) in [6.07, 6.45) is 0. The first-order valence-electron chi connectivity index (χ1n) is 7.24. The van der Waals surface area contributed by atoms with E-state index >= 15 is 0 Å². The molecule has 0 fully saturated rings. The predicted molar refractivity (Wildman–Crippen MR) is 89.7 cm³/mol. The fourth-order valence-corrected chi connectivity index (χ4v) is 3.25. The van der Waals surface area contributed by atoms with Gasteiger partial charge in [0.1, 0.15) is 13.2 Å². The van der Waals surface area contributed by atoms with Gasteiger partial charge in [-0.3, -0.25) is 10.1 Å². The smallest absolute Gasteiger partial charge is 0.257 e. The number of hydrogen-bond acceptors (Lipinski definition) is 6. The van der Waals surface area contributed by atoms with Gasteiger partial charge < -0.3 is 9.47 Å². The maximum Gasteiger partial charge on any atom is 0.257 e. The molecule has 0 spiro atoms. The summed E-state index contributed by atoms with van der Waals surface area (Å²) in [5, 5.41) is 12.1. The minimum atomic E-state index is -0.268. The second-order valence-corrected chi connectivity index (χ2v) is 6.16. The maximum absolute atomic E-state index is 12.3. The van der Waals surface area contributed by atoms with Crippen molar-refractivity contribution in [3.63, 3.8) is 0 Å². The van der Waals surface area contributed by atoms with Crippen molar-refractivity contribution in [1.29, 1.82) is 5.26 Å². The highest BCUT2D eigenvalue weighted by Gasteiger charge is 2.16. The number of carbonyl (C=O) groups excluding carboxylic acids is 1. The van der Waals surface area contributed by atoms with E-state index in [0.717, 1.165) is 10.2 Å². The summed E-state index contributed by atoms with van der Waals surface area (Å²) < 4.78 is 12.0. The number of benzene rings is 2. The zero-order chi connectivity index (χ0) is 16.5. The Kier molecular flexibility index (Phi) is 3.52. The SMILES string of the molecule is N#Cc1ccc(C(=O)Nc2nc3cc4c(cc3s2)OCCO4)cc1. The minimum absolute atomic E-state index is 0.268. The van der Waals surface area contributed by atoms with E-state index in [9.17, 15) is 4.79 Å². The number of aromatic nitrogens is 1. The van der Waals surface area contributed by atoms with Crippen molar-refractivity contribution in [2.45, 2.75) is 0 Å². The number of anilines is 1. The summed E-state index contributed by atoms with van der Waals surface area (Å²) >= 11 is 1.37. The molecule has 1 amide bonds. The highest BCUT2D eigenvalue weighted by Crippen LogP contribution is 2.37. The Morgan fingerprint density at radius 2 is 1.88 bits per heavy atom. The van der Waals surface area contributed by atoms with E-state index in [-0.39, 0.29) is 5.91 Å². The van der Waals surface area contributed by atoms with Crippen molar-refractivity contribution in [3.8, 4) is 17.6 Å². The summed E-state index contributed by atoms with van der Waals surface area (Å²) in [7, 11) is 0. The Hall–Kier alpha value is -3.11. The first-order valence-corrected chi connectivity index (χ1v) is 8.06. The summed E-state index contributed by atoms with van der Waals surface area (Å²) in [6, 6.07) is 12.2. The van der Waals surface area contributed by atoms with Gasteiger partial charge in [0.05, 0.1) is 21.8 Å². The van der Waals surface area contributed by atoms with Gasteiger partial charge in [0, 0.05) is 17.7 Å². The molecular formula is C17H11N3O3S. The van der Waals surface area contributed by atoms with Crippen LogP contribution in [0.4, 0.5) is 5.13 Å². The molecule has 118 valence electrons. The summed E-state index contributed by atoms with van der Waals surface area (Å²) in [5.41, 5.74) is 1.73. The first-order chi connectivity index (χ1) is 11.7. The number of ether oxygens (including phenoxy) is 2. The fraction of sp³-hybridized carbons (Fsp3) is 0.118. The van der Waals surface area contributed by atoms with Gasteiger partial charge in [-0.15, -0.1) is 0 Å². The average Bonchev–Trinajstić information content (AvgIpc) is 3.00. The molecule has 7 heteroatoms. The molecule has 2 heterocycles. The van der Waals surface area contributed by atoms with Crippen LogP contribution in [0.1, 0.15) is 15.9 Å². The van der Waals surface area contributed by atoms with Gasteiger partial charge in [-0.1, -0.05) is 11.3 Å². The maximum atomic E-state index is 12.3. The molecule has 0 atom stereocenters. The fourth-order valence-electron chi connectivity index (χ4n) is 2.38. The lowest BCUT2D eigenvalue weighted by molar-refractivity contribution is 0.102. The van der Waals surface area contributed by atoms with Gasteiger partial charge in [0.2, 0.25) is 0 Å². The number of rotatable bonds is 2. The van der Waals surface area contributed by atoms with E-state index in [1.54, 1.807) is 24.3 Å². The Morgan fingerprint density at radius 1 is 1.17 bits per heavy atom. The van der Waals surface area contributed by atoms with Gasteiger partial charge in [-0.05, 0) is 24.3 Å². The molecule has 1 aliphatic heterocycles. The Bertz CT molecular complexity index is 930. The van der Waals surface area contributed by atoms with Crippen LogP contribution in [-0.2, 0) is 0 Å². The van der Waals surface area contributed by atoms with E-state index in [0.29, 0.717) is 41.0 Å². The first kappa shape index (κ1) is 14.5. The number of hydrogen-bond donors (Lipinski definition) is 1. The van der Waals surface area contributed by atoms with Crippen LogP contribution in [0.5, 0.6) is 11.5 Å². The van der Waals surface area contributed by atoms with Gasteiger partial charge in [0.15, 0.2) is 16.6 Å². The Morgan fingerprint density at radius 3 is 2.58 bits per heavy atom. The number of nitriles is 1. The van der Waals surface area contributed by atoms with Crippen LogP contribution in [0.3, 0.4) is 0 Å². The van der Waals surface area contributed by atoms with Gasteiger partial charge in [-0.25, -0.2) is 4.98 Å². The number of carbonyl (C=O) groups is 1. The molecule has 1 aromatic heterocycles. The number of thiazole rings is 1. The summed E-state index contributed by atoms with van der Waals surface area (Å²) in [5.74, 6) is 1.10. The molecule has 0 saturated heterocycles. The van der Waals surface area contributed by atoms with E-state index in [2.05, 4.69) is 10.3 Å². The molecule has 0 unspecified atom stereocenters. The third-order valence-corrected chi connectivity index (χ3v) is 4.48. The van der Waals surface area contributed by atoms with Gasteiger partial charge >= 0.3 is 0 Å². The second kappa shape index (κ2) is 5.83. The molecule has 6 nitrogen and oxygen atoms in total. The van der Waals surface area contributed by atoms with Crippen LogP contribution in [-0.4, -0.2) is 24.1 Å². The molecule has 4 rings (SSSR count). The van der Waals surface area contributed by atoms with Crippen molar-refractivity contribution in [2.24, 2.45) is 0 Å². The van der Waals surface area contributed by atoms with Crippen molar-refractivity contribution in [1.82, 2.24) is 4.98 Å². The minimum Gasteiger partial charge on any atom is -0.486 e. The molecule has 2 aromatic carbocycles. The zero-order valence-electron chi connectivity index (χ0n) is 12.4. The van der Waals surface area contributed by atoms with Crippen LogP contribution < -0.4 is 14.8 Å². The quantitative estimate of drug-likeness (QED) is 0.776. The van der Waals surface area contributed by atoms with Crippen LogP contribution in [0.15, 0.2) is 36.4 Å². The molecule has 1 aliphatic rings. The molecule has 1 N–H and O–H groups in total. The van der Waals surface area contributed by atoms with Crippen LogP contribution in [0, 0.1) is 11.3 Å². The lowest BCUT2D eigenvalue weighted by atomic mass is 10.1. The highest BCUT2D eigenvalue weighted by atomic mass is 32.1. The normalized spacial score (nSPS) is 12.6. The van der Waals surface area contributed by atoms with Gasteiger partial charge in [-0.2, -0.15) is 5.26 Å². The number of nitrogens with one attached hydrogen (secondary N) is 1. The van der Waals surface area contributed by atoms with E-state index < -0.39 is 0 Å². The van der Waals surface area contributed by atoms with Crippen LogP contribution in [0.2, 0.25) is 0 Å². The van der Waals surface area contributed by atoms with Crippen molar-refractivity contribution in [2.75, 3.05) is 18.5 Å². The third-order valence-electron chi connectivity index (χ3n) is 3.55. The lowest BCUT2D eigenvalue weighted by Gasteiger charge is -2.17. The monoisotopic (exact) mass is 337 g/mol. The third kappa shape index (κ3) is 2.64. The van der Waals surface area contributed by atoms with Crippen molar-refractivity contribution in [3.05, 3.63) is 47.5 Å². The van der Waals surface area contributed by atoms with Crippen LogP contribution >= 0.6 is 11.3 Å². The largest absolute Gasteiger partial charge is 0.486 e. The standard InChI is InChI=1S/C17H11N3O3S/c18-9-10-1-3-11(4-2-10)16(21)20-17-19-12-7-13-14(8-15(12)24-17)23-6-5-22-13/h1-4,7-8H,5-6H2,(H,19,20,21). The number of amides is 1. The summed E-state index contributed by atoms with van der Waals surface area (Å²) in [4.78, 5) is 16.7. The molecule has 0 aliphatic carbocycles. The van der Waals surface area contributed by atoms with E-state index in [1.165, 1.54) is 11.3 Å². The predicted octanol–water partition coefficient (Wildman–Crippen LogP) is 3.19. The topological polar surface area (TPSA) is 84.2 Å². The molecule has 0 saturated carbocycles. The zero-order valence-corrected chi connectivity index (χ0v) is 13.2. The number of nitrogens with zero attached hydrogens (tertiary/aromatic N) is 2. The molecule has 0 bridgehead atoms. The molecule has 0 radical (unpaired) electrons. The molecule has 24 heavy (non-hydrogen) atoms. The van der Waals surface area contributed by atoms with Crippen LogP contribution in [0.25, 0.3) is 10.2 Å². The summed E-state index contributed by atoms with van der Waals surface area (Å²) in [6.45, 7) is 1.05. The van der Waals surface area contributed by atoms with E-state index in [4.69, 9.17) is 14.7 Å². The van der Waals surface area contributed by atoms with Gasteiger partial charge in [0.25, 0.3) is 5.91 Å². The second-order valence-electron chi connectivity index (χ2n) is 5.13. The van der Waals surface area contributed by atoms with Crippen molar-refractivity contribution >= 4 is 32.6 Å². The highest BCUT2D eigenvalue weighted by molar-refractivity contribution is 7.22. The van der Waals surface area contributed by atoms with Crippen molar-refractivity contribution < 1.29 is 14.3 Å². The Labute approximate surface area is 141 Å².